The molecule has 2 aromatic carbocycles. The summed E-state index contributed by atoms with van der Waals surface area (Å²) in [5.74, 6) is 1.81. The first-order chi connectivity index (χ1) is 14.9. The summed E-state index contributed by atoms with van der Waals surface area (Å²) in [6.07, 6.45) is 2.71. The number of anilines is 1. The van der Waals surface area contributed by atoms with Crippen LogP contribution in [0, 0.1) is 6.92 Å². The summed E-state index contributed by atoms with van der Waals surface area (Å²) in [6, 6.07) is 11.2. The van der Waals surface area contributed by atoms with Crippen LogP contribution in [-0.2, 0) is 24.7 Å². The number of aryl methyl sites for hydroxylation is 3. The first-order valence-electron chi connectivity index (χ1n) is 9.77. The molecule has 1 amide bonds. The Balaban J connectivity index is 1.50. The molecule has 31 heavy (non-hydrogen) atoms. The Labute approximate surface area is 196 Å². The highest BCUT2D eigenvalue weighted by atomic mass is 35.5. The number of nitrogens with one attached hydrogen (secondary N) is 1. The molecule has 0 saturated heterocycles. The predicted octanol–water partition coefficient (Wildman–Crippen LogP) is 5.35. The molecule has 0 unspecified atom stereocenters. The van der Waals surface area contributed by atoms with Gasteiger partial charge >= 0.3 is 0 Å². The zero-order valence-corrected chi connectivity index (χ0v) is 19.9. The summed E-state index contributed by atoms with van der Waals surface area (Å²) >= 11 is 13.4. The minimum Gasteiger partial charge on any atom is -0.496 e. The maximum Gasteiger partial charge on any atom is 0.234 e. The van der Waals surface area contributed by atoms with E-state index in [4.69, 9.17) is 27.9 Å². The van der Waals surface area contributed by atoms with E-state index >= 15 is 0 Å². The topological polar surface area (TPSA) is 69.0 Å². The minimum atomic E-state index is -0.186. The molecule has 0 radical (unpaired) electrons. The van der Waals surface area contributed by atoms with E-state index in [1.165, 1.54) is 17.3 Å². The van der Waals surface area contributed by atoms with Crippen molar-refractivity contribution >= 4 is 46.6 Å². The SMILES string of the molecule is COc1ccc(CCCc2nnc(SCC(=O)Nc3cc(Cl)ccc3Cl)n2C)cc1C. The number of thioether (sulfide) groups is 1. The number of hydrogen-bond acceptors (Lipinski definition) is 5. The second kappa shape index (κ2) is 10.9. The highest BCUT2D eigenvalue weighted by molar-refractivity contribution is 7.99. The van der Waals surface area contributed by atoms with Gasteiger partial charge in [-0.15, -0.1) is 10.2 Å². The van der Waals surface area contributed by atoms with Crippen molar-refractivity contribution in [1.82, 2.24) is 14.8 Å². The normalized spacial score (nSPS) is 10.9. The molecule has 0 spiro atoms. The molecule has 0 bridgehead atoms. The quantitative estimate of drug-likeness (QED) is 0.420. The minimum absolute atomic E-state index is 0.186. The van der Waals surface area contributed by atoms with Gasteiger partial charge in [0, 0.05) is 18.5 Å². The largest absolute Gasteiger partial charge is 0.496 e. The fourth-order valence-corrected chi connectivity index (χ4v) is 4.21. The highest BCUT2D eigenvalue weighted by Gasteiger charge is 2.13. The molecule has 6 nitrogen and oxygen atoms in total. The smallest absolute Gasteiger partial charge is 0.234 e. The van der Waals surface area contributed by atoms with Gasteiger partial charge < -0.3 is 14.6 Å². The number of rotatable bonds is 9. The van der Waals surface area contributed by atoms with Crippen LogP contribution in [-0.4, -0.2) is 33.5 Å². The summed E-state index contributed by atoms with van der Waals surface area (Å²) in [5, 5.41) is 12.9. The Hall–Kier alpha value is -2.22. The van der Waals surface area contributed by atoms with Gasteiger partial charge in [0.05, 0.1) is 23.6 Å². The molecule has 1 heterocycles. The Morgan fingerprint density at radius 3 is 2.71 bits per heavy atom. The van der Waals surface area contributed by atoms with E-state index in [0.717, 1.165) is 36.4 Å². The zero-order valence-electron chi connectivity index (χ0n) is 17.6. The van der Waals surface area contributed by atoms with Crippen LogP contribution in [0.5, 0.6) is 5.75 Å². The Morgan fingerprint density at radius 1 is 1.16 bits per heavy atom. The lowest BCUT2D eigenvalue weighted by molar-refractivity contribution is -0.113. The first-order valence-corrected chi connectivity index (χ1v) is 11.5. The van der Waals surface area contributed by atoms with Crippen LogP contribution in [0.4, 0.5) is 5.69 Å². The van der Waals surface area contributed by atoms with Gasteiger partial charge in [0.25, 0.3) is 0 Å². The molecule has 0 aliphatic rings. The van der Waals surface area contributed by atoms with Gasteiger partial charge in [-0.1, -0.05) is 47.1 Å². The summed E-state index contributed by atoms with van der Waals surface area (Å²) < 4.78 is 7.25. The molecule has 0 saturated carbocycles. The van der Waals surface area contributed by atoms with Crippen LogP contribution >= 0.6 is 35.0 Å². The van der Waals surface area contributed by atoms with E-state index in [9.17, 15) is 4.79 Å². The molecule has 9 heteroatoms. The number of nitrogens with zero attached hydrogens (tertiary/aromatic N) is 3. The summed E-state index contributed by atoms with van der Waals surface area (Å²) in [5.41, 5.74) is 2.90. The van der Waals surface area contributed by atoms with Gasteiger partial charge in [0.2, 0.25) is 5.91 Å². The second-order valence-corrected chi connectivity index (χ2v) is 8.86. The predicted molar refractivity (Wildman–Crippen MR) is 127 cm³/mol. The van der Waals surface area contributed by atoms with Crippen molar-refractivity contribution in [3.8, 4) is 5.75 Å². The fraction of sp³-hybridized carbons (Fsp3) is 0.318. The third kappa shape index (κ3) is 6.38. The van der Waals surface area contributed by atoms with Crippen molar-refractivity contribution in [1.29, 1.82) is 0 Å². The number of amides is 1. The molecular formula is C22H24Cl2N4O2S. The molecule has 164 valence electrons. The summed E-state index contributed by atoms with van der Waals surface area (Å²) in [4.78, 5) is 12.3. The van der Waals surface area contributed by atoms with Crippen molar-refractivity contribution in [2.45, 2.75) is 31.3 Å². The van der Waals surface area contributed by atoms with Crippen molar-refractivity contribution in [3.05, 3.63) is 63.4 Å². The molecule has 3 rings (SSSR count). The summed E-state index contributed by atoms with van der Waals surface area (Å²) in [6.45, 7) is 2.05. The van der Waals surface area contributed by atoms with Gasteiger partial charge in [-0.2, -0.15) is 0 Å². The van der Waals surface area contributed by atoms with Gasteiger partial charge in [-0.25, -0.2) is 0 Å². The van der Waals surface area contributed by atoms with Crippen LogP contribution in [0.25, 0.3) is 0 Å². The van der Waals surface area contributed by atoms with E-state index in [-0.39, 0.29) is 11.7 Å². The van der Waals surface area contributed by atoms with Gasteiger partial charge in [0.15, 0.2) is 5.16 Å². The van der Waals surface area contributed by atoms with Crippen LogP contribution in [0.2, 0.25) is 10.0 Å². The van der Waals surface area contributed by atoms with Crippen LogP contribution in [0.3, 0.4) is 0 Å². The zero-order chi connectivity index (χ0) is 22.4. The average Bonchev–Trinajstić information content (AvgIpc) is 3.09. The third-order valence-corrected chi connectivity index (χ3v) is 6.37. The monoisotopic (exact) mass is 478 g/mol. The standard InChI is InChI=1S/C22H24Cl2N4O2S/c1-14-11-15(7-10-19(14)30-3)5-4-6-20-26-27-22(28(20)2)31-13-21(29)25-18-12-16(23)8-9-17(18)24/h7-12H,4-6,13H2,1-3H3,(H,25,29). The number of hydrogen-bond donors (Lipinski definition) is 1. The Kier molecular flexibility index (Phi) is 8.23. The van der Waals surface area contributed by atoms with Crippen LogP contribution in [0.1, 0.15) is 23.4 Å². The van der Waals surface area contributed by atoms with Crippen molar-refractivity contribution < 1.29 is 9.53 Å². The highest BCUT2D eigenvalue weighted by Crippen LogP contribution is 2.26. The number of carbonyl (C=O) groups is 1. The van der Waals surface area contributed by atoms with Crippen LogP contribution in [0.15, 0.2) is 41.6 Å². The van der Waals surface area contributed by atoms with Crippen molar-refractivity contribution in [3.63, 3.8) is 0 Å². The van der Waals surface area contributed by atoms with Crippen LogP contribution < -0.4 is 10.1 Å². The average molecular weight is 479 g/mol. The number of ether oxygens (including phenoxy) is 1. The number of halogens is 2. The van der Waals surface area contributed by atoms with Crippen molar-refractivity contribution in [2.75, 3.05) is 18.2 Å². The van der Waals surface area contributed by atoms with Gasteiger partial charge in [-0.05, 0) is 55.2 Å². The lowest BCUT2D eigenvalue weighted by atomic mass is 10.0. The van der Waals surface area contributed by atoms with E-state index in [1.54, 1.807) is 25.3 Å². The number of methoxy groups -OCH3 is 1. The van der Waals surface area contributed by atoms with Crippen molar-refractivity contribution in [2.24, 2.45) is 7.05 Å². The fourth-order valence-electron chi connectivity index (χ4n) is 3.14. The first kappa shape index (κ1) is 23.4. The third-order valence-electron chi connectivity index (χ3n) is 4.79. The molecule has 1 aromatic heterocycles. The Bertz CT molecular complexity index is 1070. The van der Waals surface area contributed by atoms with E-state index in [2.05, 4.69) is 27.6 Å². The molecule has 0 fully saturated rings. The number of benzene rings is 2. The molecule has 0 aliphatic heterocycles. The van der Waals surface area contributed by atoms with Gasteiger partial charge in [0.1, 0.15) is 11.6 Å². The lowest BCUT2D eigenvalue weighted by Crippen LogP contribution is -2.14. The molecular weight excluding hydrogens is 455 g/mol. The second-order valence-electron chi connectivity index (χ2n) is 7.08. The Morgan fingerprint density at radius 2 is 1.97 bits per heavy atom. The summed E-state index contributed by atoms with van der Waals surface area (Å²) in [7, 11) is 3.60. The molecule has 1 N–H and O–H groups in total. The maximum absolute atomic E-state index is 12.3. The molecule has 0 aliphatic carbocycles. The molecule has 0 atom stereocenters. The van der Waals surface area contributed by atoms with E-state index < -0.39 is 0 Å². The number of carbonyl (C=O) groups excluding carboxylic acids is 1. The lowest BCUT2D eigenvalue weighted by Gasteiger charge is -2.08. The van der Waals surface area contributed by atoms with E-state index in [1.807, 2.05) is 24.6 Å². The van der Waals surface area contributed by atoms with E-state index in [0.29, 0.717) is 20.9 Å². The number of aromatic nitrogens is 3. The molecule has 3 aromatic rings. The maximum atomic E-state index is 12.3. The van der Waals surface area contributed by atoms with Gasteiger partial charge in [-0.3, -0.25) is 4.79 Å².